The Morgan fingerprint density at radius 3 is 2.50 bits per heavy atom. The molecule has 1 aromatic carbocycles. The van der Waals surface area contributed by atoms with E-state index in [0.29, 0.717) is 4.47 Å². The molecule has 2 aromatic rings. The van der Waals surface area contributed by atoms with E-state index < -0.39 is 32.5 Å². The van der Waals surface area contributed by atoms with Gasteiger partial charge in [-0.1, -0.05) is 6.07 Å². The van der Waals surface area contributed by atoms with Gasteiger partial charge < -0.3 is 4.74 Å². The normalized spacial score (nSPS) is 12.2. The Kier molecular flexibility index (Phi) is 4.45. The van der Waals surface area contributed by atoms with Crippen LogP contribution in [0.3, 0.4) is 0 Å². The van der Waals surface area contributed by atoms with Gasteiger partial charge in [-0.2, -0.15) is 13.2 Å². The highest BCUT2D eigenvalue weighted by molar-refractivity contribution is 9.10. The van der Waals surface area contributed by atoms with Gasteiger partial charge in [-0.15, -0.1) is 0 Å². The summed E-state index contributed by atoms with van der Waals surface area (Å²) in [6, 6.07) is 5.11. The number of nitrogens with zero attached hydrogens (tertiary/aromatic N) is 1. The summed E-state index contributed by atoms with van der Waals surface area (Å²) in [5, 5.41) is 5.03. The van der Waals surface area contributed by atoms with Crippen molar-refractivity contribution in [3.63, 3.8) is 0 Å². The van der Waals surface area contributed by atoms with Gasteiger partial charge in [0.25, 0.3) is 0 Å². The van der Waals surface area contributed by atoms with Crippen LogP contribution in [0.5, 0.6) is 11.6 Å². The minimum atomic E-state index is -4.55. The third kappa shape index (κ3) is 3.96. The van der Waals surface area contributed by atoms with Crippen LogP contribution in [0.4, 0.5) is 13.2 Å². The number of ether oxygens (including phenoxy) is 1. The van der Waals surface area contributed by atoms with Crippen molar-refractivity contribution in [1.29, 1.82) is 0 Å². The summed E-state index contributed by atoms with van der Waals surface area (Å²) < 4.78 is 66.3. The molecule has 0 spiro atoms. The zero-order valence-corrected chi connectivity index (χ0v) is 13.0. The van der Waals surface area contributed by atoms with Gasteiger partial charge in [0.15, 0.2) is 0 Å². The molecule has 0 atom stereocenters. The molecule has 0 saturated heterocycles. The number of nitrogens with two attached hydrogens (primary N) is 1. The lowest BCUT2D eigenvalue weighted by molar-refractivity contribution is -0.137. The van der Waals surface area contributed by atoms with Crippen LogP contribution in [0.2, 0.25) is 0 Å². The first kappa shape index (κ1) is 16.7. The molecule has 0 amide bonds. The number of rotatable bonds is 3. The number of aromatic nitrogens is 1. The highest BCUT2D eigenvalue weighted by Gasteiger charge is 2.30. The largest absolute Gasteiger partial charge is 0.438 e. The molecule has 0 radical (unpaired) electrons. The summed E-state index contributed by atoms with van der Waals surface area (Å²) in [5.74, 6) is -0.625. The van der Waals surface area contributed by atoms with Gasteiger partial charge in [-0.25, -0.2) is 18.5 Å². The molecule has 1 aromatic heterocycles. The number of hydrogen-bond donors (Lipinski definition) is 1. The molecule has 22 heavy (non-hydrogen) atoms. The number of hydrogen-bond acceptors (Lipinski definition) is 4. The van der Waals surface area contributed by atoms with Crippen LogP contribution < -0.4 is 9.88 Å². The van der Waals surface area contributed by atoms with Gasteiger partial charge in [-0.3, -0.25) is 0 Å². The molecule has 0 unspecified atom stereocenters. The number of pyridine rings is 1. The summed E-state index contributed by atoms with van der Waals surface area (Å²) >= 11 is 3.03. The molecule has 5 nitrogen and oxygen atoms in total. The van der Waals surface area contributed by atoms with Gasteiger partial charge >= 0.3 is 6.18 Å². The van der Waals surface area contributed by atoms with Crippen LogP contribution in [0.25, 0.3) is 0 Å². The van der Waals surface area contributed by atoms with Gasteiger partial charge in [-0.05, 0) is 40.2 Å². The third-order valence-corrected chi connectivity index (χ3v) is 3.81. The lowest BCUT2D eigenvalue weighted by atomic mass is 10.2. The van der Waals surface area contributed by atoms with Crippen molar-refractivity contribution < 1.29 is 26.3 Å². The zero-order chi connectivity index (χ0) is 16.5. The van der Waals surface area contributed by atoms with Crippen LogP contribution in [0.15, 0.2) is 45.9 Å². The maximum absolute atomic E-state index is 12.6. The number of primary sulfonamides is 1. The average Bonchev–Trinajstić information content (AvgIpc) is 2.39. The Morgan fingerprint density at radius 2 is 1.91 bits per heavy atom. The lowest BCUT2D eigenvalue weighted by Gasteiger charge is -2.11. The first-order valence-corrected chi connectivity index (χ1v) is 7.95. The van der Waals surface area contributed by atoms with E-state index in [4.69, 9.17) is 9.88 Å². The highest BCUT2D eigenvalue weighted by atomic mass is 79.9. The molecule has 2 rings (SSSR count). The van der Waals surface area contributed by atoms with E-state index in [-0.39, 0.29) is 5.75 Å². The molecular formula is C12H8BrF3N2O3S. The maximum atomic E-state index is 12.6. The molecule has 10 heteroatoms. The lowest BCUT2D eigenvalue weighted by Crippen LogP contribution is -2.14. The molecule has 2 N–H and O–H groups in total. The van der Waals surface area contributed by atoms with Crippen LogP contribution >= 0.6 is 15.9 Å². The topological polar surface area (TPSA) is 82.3 Å². The molecule has 118 valence electrons. The van der Waals surface area contributed by atoms with Gasteiger partial charge in [0.1, 0.15) is 10.6 Å². The van der Waals surface area contributed by atoms with Gasteiger partial charge in [0.05, 0.1) is 5.56 Å². The van der Waals surface area contributed by atoms with Crippen LogP contribution in [0, 0.1) is 0 Å². The Morgan fingerprint density at radius 1 is 1.23 bits per heavy atom. The van der Waals surface area contributed by atoms with E-state index in [0.717, 1.165) is 24.3 Å². The molecular weight excluding hydrogens is 389 g/mol. The average molecular weight is 397 g/mol. The highest BCUT2D eigenvalue weighted by Crippen LogP contribution is 2.33. The fourth-order valence-corrected chi connectivity index (χ4v) is 2.65. The van der Waals surface area contributed by atoms with E-state index in [1.165, 1.54) is 12.3 Å². The van der Waals surface area contributed by atoms with E-state index >= 15 is 0 Å². The summed E-state index contributed by atoms with van der Waals surface area (Å²) in [5.41, 5.74) is -0.931. The molecule has 1 heterocycles. The molecule has 0 saturated carbocycles. The first-order valence-electron chi connectivity index (χ1n) is 5.61. The second-order valence-corrected chi connectivity index (χ2v) is 6.58. The van der Waals surface area contributed by atoms with Gasteiger partial charge in [0.2, 0.25) is 15.9 Å². The number of halogens is 4. The molecule has 0 aliphatic carbocycles. The second-order valence-electron chi connectivity index (χ2n) is 4.13. The van der Waals surface area contributed by atoms with Gasteiger partial charge in [0, 0.05) is 10.7 Å². The molecule has 0 aliphatic heterocycles. The number of sulfonamides is 1. The minimum Gasteiger partial charge on any atom is -0.438 e. The van der Waals surface area contributed by atoms with Crippen molar-refractivity contribution in [2.45, 2.75) is 11.1 Å². The minimum absolute atomic E-state index is 0.213. The quantitative estimate of drug-likeness (QED) is 0.862. The van der Waals surface area contributed by atoms with E-state index in [2.05, 4.69) is 20.9 Å². The predicted molar refractivity (Wildman–Crippen MR) is 74.8 cm³/mol. The molecule has 0 aliphatic rings. The number of alkyl halides is 3. The third-order valence-electron chi connectivity index (χ3n) is 2.47. The van der Waals surface area contributed by atoms with Crippen molar-refractivity contribution in [3.05, 3.63) is 46.6 Å². The summed E-state index contributed by atoms with van der Waals surface area (Å²) in [7, 11) is -4.15. The Balaban J connectivity index is 2.44. The summed E-state index contributed by atoms with van der Waals surface area (Å²) in [4.78, 5) is 3.28. The summed E-state index contributed by atoms with van der Waals surface area (Å²) in [6.07, 6.45) is -3.31. The Hall–Kier alpha value is -1.65. The van der Waals surface area contributed by atoms with E-state index in [9.17, 15) is 21.6 Å². The first-order chi connectivity index (χ1) is 10.1. The van der Waals surface area contributed by atoms with Crippen molar-refractivity contribution in [1.82, 2.24) is 4.98 Å². The SMILES string of the molecule is NS(=O)(=O)c1cc(Br)cnc1Oc1cccc(C(F)(F)F)c1. The van der Waals surface area contributed by atoms with Crippen molar-refractivity contribution >= 4 is 26.0 Å². The van der Waals surface area contributed by atoms with Crippen LogP contribution in [-0.2, 0) is 16.2 Å². The number of benzene rings is 1. The van der Waals surface area contributed by atoms with Crippen LogP contribution in [-0.4, -0.2) is 13.4 Å². The predicted octanol–water partition coefficient (Wildman–Crippen LogP) is 3.30. The smallest absolute Gasteiger partial charge is 0.416 e. The second kappa shape index (κ2) is 5.86. The Bertz CT molecular complexity index is 810. The fraction of sp³-hybridized carbons (Fsp3) is 0.0833. The Labute approximate surface area is 132 Å². The van der Waals surface area contributed by atoms with E-state index in [1.807, 2.05) is 0 Å². The van der Waals surface area contributed by atoms with Crippen LogP contribution in [0.1, 0.15) is 5.56 Å². The van der Waals surface area contributed by atoms with Crippen molar-refractivity contribution in [2.75, 3.05) is 0 Å². The molecule has 0 bridgehead atoms. The monoisotopic (exact) mass is 396 g/mol. The summed E-state index contributed by atoms with van der Waals surface area (Å²) in [6.45, 7) is 0. The molecule has 0 fully saturated rings. The van der Waals surface area contributed by atoms with E-state index in [1.54, 1.807) is 0 Å². The maximum Gasteiger partial charge on any atom is 0.416 e. The zero-order valence-electron chi connectivity index (χ0n) is 10.6. The van der Waals surface area contributed by atoms with Crippen molar-refractivity contribution in [3.8, 4) is 11.6 Å². The van der Waals surface area contributed by atoms with Crippen molar-refractivity contribution in [2.24, 2.45) is 5.14 Å². The standard InChI is InChI=1S/C12H8BrF3N2O3S/c13-8-5-10(22(17,19)20)11(18-6-8)21-9-3-1-2-7(4-9)12(14,15)16/h1-6H,(H2,17,19,20). The fourth-order valence-electron chi connectivity index (χ4n) is 1.54.